The van der Waals surface area contributed by atoms with Crippen LogP contribution in [0.2, 0.25) is 0 Å². The fourth-order valence-corrected chi connectivity index (χ4v) is 3.32. The molecule has 0 bridgehead atoms. The first-order valence-corrected chi connectivity index (χ1v) is 9.06. The van der Waals surface area contributed by atoms with E-state index >= 15 is 0 Å². The molecule has 1 N–H and O–H groups in total. The summed E-state index contributed by atoms with van der Waals surface area (Å²) in [6.45, 7) is 3.04. The number of pyridine rings is 1. The van der Waals surface area contributed by atoms with E-state index in [1.54, 1.807) is 12.4 Å². The number of rotatable bonds is 6. The zero-order valence-corrected chi connectivity index (χ0v) is 14.7. The molecule has 3 aromatic rings. The van der Waals surface area contributed by atoms with E-state index in [2.05, 4.69) is 63.9 Å². The maximum absolute atomic E-state index is 5.61. The standard InChI is InChI=1S/C22H23N3O/c1-2-5-19(6-3-1)20-10-8-18(9-11-20)16-25-14-12-21(17-25)24-26-22-7-4-13-23-15-22/h1-11,13,15,21,24H,12,14,16-17H2/t21-/m1/s1. The number of nitrogens with one attached hydrogen (secondary N) is 1. The molecule has 1 aromatic heterocycles. The van der Waals surface area contributed by atoms with Gasteiger partial charge in [-0.2, -0.15) is 5.48 Å². The summed E-state index contributed by atoms with van der Waals surface area (Å²) in [5.74, 6) is 0.752. The van der Waals surface area contributed by atoms with Crippen molar-refractivity contribution >= 4 is 0 Å². The second-order valence-corrected chi connectivity index (χ2v) is 6.69. The maximum atomic E-state index is 5.61. The van der Waals surface area contributed by atoms with Gasteiger partial charge in [-0.15, -0.1) is 0 Å². The van der Waals surface area contributed by atoms with Crippen LogP contribution in [0.25, 0.3) is 11.1 Å². The Hall–Kier alpha value is -2.69. The Kier molecular flexibility index (Phi) is 5.24. The van der Waals surface area contributed by atoms with E-state index in [4.69, 9.17) is 4.84 Å². The van der Waals surface area contributed by atoms with Crippen LogP contribution in [0.15, 0.2) is 79.1 Å². The number of hydrogen-bond acceptors (Lipinski definition) is 4. The topological polar surface area (TPSA) is 37.4 Å². The summed E-state index contributed by atoms with van der Waals surface area (Å²) >= 11 is 0. The highest BCUT2D eigenvalue weighted by Gasteiger charge is 2.22. The van der Waals surface area contributed by atoms with Crippen LogP contribution < -0.4 is 10.3 Å². The van der Waals surface area contributed by atoms with Gasteiger partial charge in [-0.05, 0) is 35.2 Å². The molecule has 2 heterocycles. The lowest BCUT2D eigenvalue weighted by atomic mass is 10.0. The van der Waals surface area contributed by atoms with Gasteiger partial charge in [-0.3, -0.25) is 9.88 Å². The third-order valence-electron chi connectivity index (χ3n) is 4.72. The molecule has 1 atom stereocenters. The first-order valence-electron chi connectivity index (χ1n) is 9.06. The molecule has 4 nitrogen and oxygen atoms in total. The molecule has 4 rings (SSSR count). The summed E-state index contributed by atoms with van der Waals surface area (Å²) in [6.07, 6.45) is 4.55. The van der Waals surface area contributed by atoms with Gasteiger partial charge in [0.1, 0.15) is 0 Å². The number of benzene rings is 2. The van der Waals surface area contributed by atoms with Crippen LogP contribution in [0.4, 0.5) is 0 Å². The number of hydrogen-bond donors (Lipinski definition) is 1. The van der Waals surface area contributed by atoms with Crippen LogP contribution in [-0.4, -0.2) is 29.0 Å². The first kappa shape index (κ1) is 16.8. The Morgan fingerprint density at radius 3 is 2.54 bits per heavy atom. The second kappa shape index (κ2) is 8.13. The normalized spacial score (nSPS) is 17.3. The molecule has 0 radical (unpaired) electrons. The van der Waals surface area contributed by atoms with Crippen LogP contribution in [0.5, 0.6) is 5.75 Å². The summed E-state index contributed by atoms with van der Waals surface area (Å²) in [5, 5.41) is 0. The van der Waals surface area contributed by atoms with Crippen molar-refractivity contribution in [3.05, 3.63) is 84.7 Å². The average molecular weight is 345 g/mol. The molecule has 1 aliphatic heterocycles. The van der Waals surface area contributed by atoms with E-state index in [0.717, 1.165) is 31.8 Å². The summed E-state index contributed by atoms with van der Waals surface area (Å²) in [6, 6.07) is 23.5. The van der Waals surface area contributed by atoms with Gasteiger partial charge in [0.25, 0.3) is 0 Å². The predicted molar refractivity (Wildman–Crippen MR) is 104 cm³/mol. The zero-order chi connectivity index (χ0) is 17.6. The quantitative estimate of drug-likeness (QED) is 0.688. The van der Waals surface area contributed by atoms with Gasteiger partial charge in [0.15, 0.2) is 5.75 Å². The van der Waals surface area contributed by atoms with E-state index < -0.39 is 0 Å². The van der Waals surface area contributed by atoms with E-state index in [1.165, 1.54) is 16.7 Å². The molecule has 2 aromatic carbocycles. The van der Waals surface area contributed by atoms with E-state index in [-0.39, 0.29) is 0 Å². The highest BCUT2D eigenvalue weighted by Crippen LogP contribution is 2.21. The molecule has 0 aliphatic carbocycles. The molecule has 4 heteroatoms. The van der Waals surface area contributed by atoms with Gasteiger partial charge in [0.05, 0.1) is 12.2 Å². The lowest BCUT2D eigenvalue weighted by molar-refractivity contribution is 0.153. The molecule has 0 amide bonds. The Morgan fingerprint density at radius 2 is 1.77 bits per heavy atom. The van der Waals surface area contributed by atoms with Crippen LogP contribution in [0, 0.1) is 0 Å². The summed E-state index contributed by atoms with van der Waals surface area (Å²) < 4.78 is 0. The van der Waals surface area contributed by atoms with Gasteiger partial charge in [-0.25, -0.2) is 0 Å². The molecule has 26 heavy (non-hydrogen) atoms. The van der Waals surface area contributed by atoms with Crippen LogP contribution in [0.3, 0.4) is 0 Å². The fraction of sp³-hybridized carbons (Fsp3) is 0.227. The predicted octanol–water partition coefficient (Wildman–Crippen LogP) is 3.91. The second-order valence-electron chi connectivity index (χ2n) is 6.69. The highest BCUT2D eigenvalue weighted by atomic mass is 16.6. The number of aromatic nitrogens is 1. The van der Waals surface area contributed by atoms with Crippen LogP contribution >= 0.6 is 0 Å². The fourth-order valence-electron chi connectivity index (χ4n) is 3.32. The summed E-state index contributed by atoms with van der Waals surface area (Å²) in [7, 11) is 0. The molecule has 1 fully saturated rings. The Labute approximate surface area is 154 Å². The molecule has 0 unspecified atom stereocenters. The van der Waals surface area contributed by atoms with Crippen molar-refractivity contribution in [1.29, 1.82) is 0 Å². The molecule has 132 valence electrons. The Bertz CT molecular complexity index is 806. The average Bonchev–Trinajstić information content (AvgIpc) is 3.16. The van der Waals surface area contributed by atoms with E-state index in [0.29, 0.717) is 6.04 Å². The number of likely N-dealkylation sites (tertiary alicyclic amines) is 1. The van der Waals surface area contributed by atoms with E-state index in [9.17, 15) is 0 Å². The van der Waals surface area contributed by atoms with Crippen molar-refractivity contribution in [3.8, 4) is 16.9 Å². The minimum Gasteiger partial charge on any atom is -0.407 e. The maximum Gasteiger partial charge on any atom is 0.165 e. The molecule has 0 saturated carbocycles. The number of nitrogens with zero attached hydrogens (tertiary/aromatic N) is 2. The van der Waals surface area contributed by atoms with Crippen LogP contribution in [-0.2, 0) is 6.54 Å². The van der Waals surface area contributed by atoms with Crippen molar-refractivity contribution in [2.75, 3.05) is 13.1 Å². The Balaban J connectivity index is 1.28. The SMILES string of the molecule is c1ccc(-c2ccc(CN3CC[C@@H](NOc4cccnc4)C3)cc2)cc1. The lowest BCUT2D eigenvalue weighted by Gasteiger charge is -2.17. The third kappa shape index (κ3) is 4.28. The van der Waals surface area contributed by atoms with Gasteiger partial charge < -0.3 is 4.84 Å². The van der Waals surface area contributed by atoms with Crippen molar-refractivity contribution in [1.82, 2.24) is 15.4 Å². The minimum absolute atomic E-state index is 0.346. The van der Waals surface area contributed by atoms with Gasteiger partial charge in [-0.1, -0.05) is 54.6 Å². The number of hydroxylamine groups is 1. The Morgan fingerprint density at radius 1 is 0.962 bits per heavy atom. The highest BCUT2D eigenvalue weighted by molar-refractivity contribution is 5.63. The lowest BCUT2D eigenvalue weighted by Crippen LogP contribution is -2.34. The molecule has 1 saturated heterocycles. The van der Waals surface area contributed by atoms with Crippen molar-refractivity contribution in [3.63, 3.8) is 0 Å². The molecule has 0 spiro atoms. The van der Waals surface area contributed by atoms with Crippen LogP contribution in [0.1, 0.15) is 12.0 Å². The van der Waals surface area contributed by atoms with Crippen molar-refractivity contribution in [2.45, 2.75) is 19.0 Å². The monoisotopic (exact) mass is 345 g/mol. The molecule has 1 aliphatic rings. The molecular weight excluding hydrogens is 322 g/mol. The zero-order valence-electron chi connectivity index (χ0n) is 14.7. The smallest absolute Gasteiger partial charge is 0.165 e. The summed E-state index contributed by atoms with van der Waals surface area (Å²) in [4.78, 5) is 12.1. The largest absolute Gasteiger partial charge is 0.407 e. The molecular formula is C22H23N3O. The van der Waals surface area contributed by atoms with Crippen molar-refractivity contribution < 1.29 is 4.84 Å². The first-order chi connectivity index (χ1) is 12.9. The van der Waals surface area contributed by atoms with Gasteiger partial charge >= 0.3 is 0 Å². The van der Waals surface area contributed by atoms with E-state index in [1.807, 2.05) is 18.2 Å². The minimum atomic E-state index is 0.346. The van der Waals surface area contributed by atoms with Crippen molar-refractivity contribution in [2.24, 2.45) is 0 Å². The third-order valence-corrected chi connectivity index (χ3v) is 4.72. The van der Waals surface area contributed by atoms with Gasteiger partial charge in [0.2, 0.25) is 0 Å². The van der Waals surface area contributed by atoms with Gasteiger partial charge in [0, 0.05) is 25.8 Å². The summed E-state index contributed by atoms with van der Waals surface area (Å²) in [5.41, 5.74) is 7.03.